The number of hydrogen-bond donors (Lipinski definition) is 2. The molecule has 2 aromatic heterocycles. The van der Waals surface area contributed by atoms with E-state index in [0.717, 1.165) is 43.2 Å². The van der Waals surface area contributed by atoms with Gasteiger partial charge in [-0.3, -0.25) is 9.59 Å². The van der Waals surface area contributed by atoms with Gasteiger partial charge in [-0.2, -0.15) is 4.98 Å². The van der Waals surface area contributed by atoms with E-state index < -0.39 is 5.97 Å². The first kappa shape index (κ1) is 23.2. The van der Waals surface area contributed by atoms with E-state index >= 15 is 0 Å². The van der Waals surface area contributed by atoms with Gasteiger partial charge in [0.2, 0.25) is 0 Å². The number of rotatable bonds is 8. The predicted octanol–water partition coefficient (Wildman–Crippen LogP) is 4.13. The van der Waals surface area contributed by atoms with Crippen LogP contribution in [0.25, 0.3) is 10.3 Å². The molecule has 33 heavy (non-hydrogen) atoms. The van der Waals surface area contributed by atoms with E-state index in [2.05, 4.69) is 58.8 Å². The molecule has 0 radical (unpaired) electrons. The number of carboxylic acids is 1. The summed E-state index contributed by atoms with van der Waals surface area (Å²) in [7, 11) is 0. The molecule has 0 unspecified atom stereocenters. The average molecular weight is 471 g/mol. The van der Waals surface area contributed by atoms with Crippen LogP contribution in [0.3, 0.4) is 0 Å². The topological polar surface area (TPSA) is 108 Å². The summed E-state index contributed by atoms with van der Waals surface area (Å²) < 4.78 is 6.91. The Labute approximate surface area is 196 Å². The number of ether oxygens (including phenoxy) is 1. The molecule has 0 atom stereocenters. The normalized spacial score (nSPS) is 15.2. The third-order valence-electron chi connectivity index (χ3n) is 6.38. The molecule has 0 spiro atoms. The zero-order chi connectivity index (χ0) is 23.6. The number of aliphatic carboxylic acids is 1. The number of fused-ring (bicyclic) bond motifs is 1. The highest BCUT2D eigenvalue weighted by Crippen LogP contribution is 2.36. The van der Waals surface area contributed by atoms with Gasteiger partial charge in [0.15, 0.2) is 10.8 Å². The highest BCUT2D eigenvalue weighted by molar-refractivity contribution is 7.22. The molecule has 2 N–H and O–H groups in total. The van der Waals surface area contributed by atoms with Crippen molar-refractivity contribution < 1.29 is 14.6 Å². The minimum atomic E-state index is -0.928. The van der Waals surface area contributed by atoms with Crippen molar-refractivity contribution in [2.24, 2.45) is 0 Å². The summed E-state index contributed by atoms with van der Waals surface area (Å²) in [5.74, 6) is 0.391. The number of nitrogens with one attached hydrogen (secondary N) is 1. The average Bonchev–Trinajstić information content (AvgIpc) is 3.23. The van der Waals surface area contributed by atoms with Crippen LogP contribution in [0.2, 0.25) is 0 Å². The fourth-order valence-electron chi connectivity index (χ4n) is 4.01. The van der Waals surface area contributed by atoms with Crippen LogP contribution in [-0.4, -0.2) is 45.2 Å². The lowest BCUT2D eigenvalue weighted by Gasteiger charge is -2.33. The monoisotopic (exact) mass is 470 g/mol. The summed E-state index contributed by atoms with van der Waals surface area (Å²) in [4.78, 5) is 37.0. The van der Waals surface area contributed by atoms with Crippen molar-refractivity contribution in [3.05, 3.63) is 46.0 Å². The second-order valence-corrected chi connectivity index (χ2v) is 10.1. The number of H-pyrrole nitrogens is 1. The summed E-state index contributed by atoms with van der Waals surface area (Å²) in [5.41, 5.74) is 1.41. The third kappa shape index (κ3) is 5.19. The molecule has 1 fully saturated rings. The summed E-state index contributed by atoms with van der Waals surface area (Å²) >= 11 is 1.33. The number of piperidine rings is 1. The maximum atomic E-state index is 12.4. The Bertz CT molecular complexity index is 1190. The molecular formula is C24H30N4O4S. The number of hydrogen-bond acceptors (Lipinski definition) is 7. The highest BCUT2D eigenvalue weighted by Gasteiger charge is 2.27. The SMILES string of the molecule is CCC(C)(C)c1ccccc1OC1CCN(c2nc3nc(CCC(=O)O)[nH]c(=O)c3s2)CC1. The van der Waals surface area contributed by atoms with Crippen LogP contribution in [0.15, 0.2) is 29.1 Å². The summed E-state index contributed by atoms with van der Waals surface area (Å²) in [5, 5.41) is 9.63. The highest BCUT2D eigenvalue weighted by atomic mass is 32.1. The van der Waals surface area contributed by atoms with Gasteiger partial charge in [-0.05, 0) is 23.5 Å². The van der Waals surface area contributed by atoms with Gasteiger partial charge in [-0.15, -0.1) is 0 Å². The fraction of sp³-hybridized carbons (Fsp3) is 0.500. The van der Waals surface area contributed by atoms with Gasteiger partial charge in [0.05, 0.1) is 6.42 Å². The first-order valence-corrected chi connectivity index (χ1v) is 12.2. The first-order chi connectivity index (χ1) is 15.8. The minimum Gasteiger partial charge on any atom is -0.490 e. The Morgan fingerprint density at radius 1 is 1.27 bits per heavy atom. The van der Waals surface area contributed by atoms with Crippen molar-refractivity contribution in [3.63, 3.8) is 0 Å². The molecule has 1 aromatic carbocycles. The van der Waals surface area contributed by atoms with E-state index in [1.165, 1.54) is 16.9 Å². The molecule has 0 aliphatic carbocycles. The maximum absolute atomic E-state index is 12.4. The Kier molecular flexibility index (Phi) is 6.69. The largest absolute Gasteiger partial charge is 0.490 e. The Balaban J connectivity index is 1.44. The lowest BCUT2D eigenvalue weighted by atomic mass is 9.81. The molecule has 176 valence electrons. The van der Waals surface area contributed by atoms with E-state index in [-0.39, 0.29) is 29.9 Å². The second kappa shape index (κ2) is 9.51. The number of nitrogens with zero attached hydrogens (tertiary/aromatic N) is 3. The Morgan fingerprint density at radius 2 is 2.00 bits per heavy atom. The van der Waals surface area contributed by atoms with Crippen LogP contribution in [0.1, 0.15) is 57.8 Å². The standard InChI is InChI=1S/C24H30N4O4S/c1-4-24(2,3)16-7-5-6-8-17(16)32-15-11-13-28(14-12-15)23-27-21-20(33-23)22(31)26-18(25-21)9-10-19(29)30/h5-8,15H,4,9-14H2,1-3H3,(H,29,30)(H,25,26,31). The molecule has 0 saturated carbocycles. The maximum Gasteiger partial charge on any atom is 0.303 e. The molecular weight excluding hydrogens is 440 g/mol. The molecule has 3 aromatic rings. The van der Waals surface area contributed by atoms with Crippen molar-refractivity contribution in [1.29, 1.82) is 0 Å². The number of para-hydroxylation sites is 1. The second-order valence-electron chi connectivity index (χ2n) is 9.09. The smallest absolute Gasteiger partial charge is 0.303 e. The number of carboxylic acid groups (broad SMARTS) is 1. The van der Waals surface area contributed by atoms with Crippen molar-refractivity contribution >= 4 is 32.8 Å². The number of carbonyl (C=O) groups is 1. The lowest BCUT2D eigenvalue weighted by Crippen LogP contribution is -2.38. The van der Waals surface area contributed by atoms with Gasteiger partial charge in [0, 0.05) is 32.4 Å². The lowest BCUT2D eigenvalue weighted by molar-refractivity contribution is -0.137. The number of aromatic amines is 1. The van der Waals surface area contributed by atoms with Crippen molar-refractivity contribution in [2.45, 2.75) is 64.4 Å². The molecule has 0 amide bonds. The number of thiazole rings is 1. The molecule has 1 aliphatic rings. The van der Waals surface area contributed by atoms with Gasteiger partial charge in [-0.25, -0.2) is 4.98 Å². The van der Waals surface area contributed by atoms with Crippen molar-refractivity contribution in [2.75, 3.05) is 18.0 Å². The summed E-state index contributed by atoms with van der Waals surface area (Å²) in [6.45, 7) is 8.25. The van der Waals surface area contributed by atoms with E-state index in [0.29, 0.717) is 16.2 Å². The van der Waals surface area contributed by atoms with Crippen LogP contribution >= 0.6 is 11.3 Å². The van der Waals surface area contributed by atoms with Gasteiger partial charge in [0.25, 0.3) is 5.56 Å². The Morgan fingerprint density at radius 3 is 2.70 bits per heavy atom. The summed E-state index contributed by atoms with van der Waals surface area (Å²) in [6.07, 6.45) is 2.99. The van der Waals surface area contributed by atoms with E-state index in [9.17, 15) is 9.59 Å². The van der Waals surface area contributed by atoms with E-state index in [1.54, 1.807) is 0 Å². The summed E-state index contributed by atoms with van der Waals surface area (Å²) in [6, 6.07) is 8.31. The minimum absolute atomic E-state index is 0.0572. The first-order valence-electron chi connectivity index (χ1n) is 11.4. The molecule has 3 heterocycles. The van der Waals surface area contributed by atoms with Gasteiger partial charge in [-0.1, -0.05) is 50.3 Å². The van der Waals surface area contributed by atoms with Crippen LogP contribution < -0.4 is 15.2 Å². The fourth-order valence-corrected chi connectivity index (χ4v) is 4.96. The van der Waals surface area contributed by atoms with Gasteiger partial charge >= 0.3 is 5.97 Å². The molecule has 4 rings (SSSR count). The van der Waals surface area contributed by atoms with E-state index in [1.807, 2.05) is 6.07 Å². The number of benzene rings is 1. The van der Waals surface area contributed by atoms with Crippen LogP contribution in [0, 0.1) is 0 Å². The number of aryl methyl sites for hydroxylation is 1. The molecule has 0 bridgehead atoms. The zero-order valence-corrected chi connectivity index (χ0v) is 20.1. The van der Waals surface area contributed by atoms with Crippen molar-refractivity contribution in [3.8, 4) is 5.75 Å². The third-order valence-corrected chi connectivity index (χ3v) is 7.49. The molecule has 9 heteroatoms. The molecule has 1 saturated heterocycles. The van der Waals surface area contributed by atoms with Crippen LogP contribution in [-0.2, 0) is 16.6 Å². The molecule has 8 nitrogen and oxygen atoms in total. The quantitative estimate of drug-likeness (QED) is 0.509. The van der Waals surface area contributed by atoms with E-state index in [4.69, 9.17) is 9.84 Å². The zero-order valence-electron chi connectivity index (χ0n) is 19.3. The van der Waals surface area contributed by atoms with Crippen LogP contribution in [0.5, 0.6) is 5.75 Å². The van der Waals surface area contributed by atoms with Gasteiger partial charge < -0.3 is 19.7 Å². The van der Waals surface area contributed by atoms with Gasteiger partial charge in [0.1, 0.15) is 22.4 Å². The number of anilines is 1. The Hall–Kier alpha value is -2.94. The molecule has 1 aliphatic heterocycles. The number of aromatic nitrogens is 3. The van der Waals surface area contributed by atoms with Crippen molar-refractivity contribution in [1.82, 2.24) is 15.0 Å². The van der Waals surface area contributed by atoms with Crippen LogP contribution in [0.4, 0.5) is 5.13 Å². The predicted molar refractivity (Wildman–Crippen MR) is 130 cm³/mol.